The molecule has 0 bridgehead atoms. The van der Waals surface area contributed by atoms with E-state index in [1.165, 1.54) is 0 Å². The van der Waals surface area contributed by atoms with Crippen molar-refractivity contribution in [2.24, 2.45) is 0 Å². The number of carbonyl (C=O) groups is 1. The number of hydrogen-bond acceptors (Lipinski definition) is 2. The second-order valence-electron chi connectivity index (χ2n) is 1.07. The average molecular weight is 99.1 g/mol. The molecule has 0 aromatic carbocycles. The molecule has 0 aliphatic rings. The number of aldehydes is 1. The van der Waals surface area contributed by atoms with E-state index in [9.17, 15) is 4.79 Å². The van der Waals surface area contributed by atoms with Gasteiger partial charge in [-0.25, -0.2) is 0 Å². The molecule has 2 heteroatoms. The first-order valence-electron chi connectivity index (χ1n) is 2.20. The Morgan fingerprint density at radius 2 is 2.43 bits per heavy atom. The Morgan fingerprint density at radius 3 is 2.86 bits per heavy atom. The maximum absolute atomic E-state index is 9.58. The minimum absolute atomic E-state index is 0.407. The van der Waals surface area contributed by atoms with Crippen LogP contribution in [0.1, 0.15) is 6.92 Å². The molecule has 2 nitrogen and oxygen atoms in total. The van der Waals surface area contributed by atoms with E-state index < -0.39 is 0 Å². The van der Waals surface area contributed by atoms with Gasteiger partial charge in [0.2, 0.25) is 0 Å². The molecule has 0 spiro atoms. The molecule has 1 N–H and O–H groups in total. The van der Waals surface area contributed by atoms with Crippen molar-refractivity contribution < 1.29 is 4.79 Å². The van der Waals surface area contributed by atoms with Gasteiger partial charge in [0.1, 0.15) is 6.29 Å². The highest BCUT2D eigenvalue weighted by Crippen LogP contribution is 1.57. The number of rotatable bonds is 3. The molecule has 0 radical (unpaired) electrons. The highest BCUT2D eigenvalue weighted by Gasteiger charge is 1.67. The normalized spacial score (nSPS) is 9.29. The van der Waals surface area contributed by atoms with Gasteiger partial charge in [-0.05, 0) is 13.1 Å². The molecule has 0 aliphatic carbocycles. The van der Waals surface area contributed by atoms with Crippen LogP contribution in [-0.2, 0) is 4.79 Å². The van der Waals surface area contributed by atoms with Crippen molar-refractivity contribution in [1.29, 1.82) is 0 Å². The third kappa shape index (κ3) is 5.21. The molecular formula is C5H9NO. The molecule has 40 valence electrons. The van der Waals surface area contributed by atoms with Crippen LogP contribution in [0.5, 0.6) is 0 Å². The van der Waals surface area contributed by atoms with Gasteiger partial charge in [0.05, 0.1) is 6.54 Å². The first-order chi connectivity index (χ1) is 3.41. The fourth-order valence-electron chi connectivity index (χ4n) is 0.234. The Bertz CT molecular complexity index is 68.5. The summed E-state index contributed by atoms with van der Waals surface area (Å²) in [7, 11) is 0. The van der Waals surface area contributed by atoms with Crippen LogP contribution >= 0.6 is 0 Å². The summed E-state index contributed by atoms with van der Waals surface area (Å²) >= 11 is 0. The number of hydrogen-bond donors (Lipinski definition) is 1. The predicted octanol–water partition coefficient (Wildman–Crippen LogP) is 0.309. The van der Waals surface area contributed by atoms with Crippen LogP contribution in [0.3, 0.4) is 0 Å². The fraction of sp³-hybridized carbons (Fsp3) is 0.400. The summed E-state index contributed by atoms with van der Waals surface area (Å²) in [6, 6.07) is 0. The first-order valence-corrected chi connectivity index (χ1v) is 2.20. The van der Waals surface area contributed by atoms with Crippen LogP contribution in [0.2, 0.25) is 0 Å². The van der Waals surface area contributed by atoms with Crippen molar-refractivity contribution in [3.63, 3.8) is 0 Å². The minimum atomic E-state index is 0.407. The van der Waals surface area contributed by atoms with E-state index in [2.05, 4.69) is 5.32 Å². The highest BCUT2D eigenvalue weighted by molar-refractivity contribution is 5.52. The molecule has 7 heavy (non-hydrogen) atoms. The van der Waals surface area contributed by atoms with Crippen molar-refractivity contribution in [3.05, 3.63) is 12.3 Å². The zero-order valence-electron chi connectivity index (χ0n) is 4.35. The van der Waals surface area contributed by atoms with Gasteiger partial charge in [0, 0.05) is 0 Å². The molecule has 0 rings (SSSR count). The third-order valence-corrected chi connectivity index (χ3v) is 0.486. The second kappa shape index (κ2) is 5.21. The van der Waals surface area contributed by atoms with Crippen molar-refractivity contribution >= 4 is 6.29 Å². The average Bonchev–Trinajstić information content (AvgIpc) is 1.69. The second-order valence-corrected chi connectivity index (χ2v) is 1.07. The highest BCUT2D eigenvalue weighted by atomic mass is 16.1. The van der Waals surface area contributed by atoms with E-state index in [1.807, 2.05) is 13.0 Å². The summed E-state index contributed by atoms with van der Waals surface area (Å²) in [5, 5.41) is 2.74. The summed E-state index contributed by atoms with van der Waals surface area (Å²) in [5.74, 6) is 0. The predicted molar refractivity (Wildman–Crippen MR) is 28.9 cm³/mol. The number of carbonyl (C=O) groups excluding carboxylic acids is 1. The lowest BCUT2D eigenvalue weighted by atomic mass is 10.6. The topological polar surface area (TPSA) is 29.1 Å². The summed E-state index contributed by atoms with van der Waals surface area (Å²) in [6.07, 6.45) is 4.39. The molecule has 0 aliphatic heterocycles. The molecule has 0 amide bonds. The summed E-state index contributed by atoms with van der Waals surface area (Å²) in [4.78, 5) is 9.58. The number of allylic oxidation sites excluding steroid dienone is 1. The number of nitrogens with one attached hydrogen (secondary N) is 1. The molecule has 0 unspecified atom stereocenters. The zero-order valence-corrected chi connectivity index (χ0v) is 4.35. The molecule has 0 atom stereocenters. The SMILES string of the molecule is CC=CNCC=O. The molecular weight excluding hydrogens is 90.1 g/mol. The van der Waals surface area contributed by atoms with Crippen LogP contribution < -0.4 is 5.32 Å². The largest absolute Gasteiger partial charge is 0.384 e. The van der Waals surface area contributed by atoms with Crippen molar-refractivity contribution in [1.82, 2.24) is 5.32 Å². The van der Waals surface area contributed by atoms with Crippen LogP contribution in [0.25, 0.3) is 0 Å². The van der Waals surface area contributed by atoms with Crippen molar-refractivity contribution in [3.8, 4) is 0 Å². The molecule has 0 aromatic heterocycles. The Labute approximate surface area is 43.2 Å². The van der Waals surface area contributed by atoms with Crippen LogP contribution in [0.4, 0.5) is 0 Å². The molecule has 0 saturated carbocycles. The lowest BCUT2D eigenvalue weighted by Crippen LogP contribution is -2.06. The Kier molecular flexibility index (Phi) is 4.62. The third-order valence-electron chi connectivity index (χ3n) is 0.486. The smallest absolute Gasteiger partial charge is 0.139 e. The monoisotopic (exact) mass is 99.1 g/mol. The summed E-state index contributed by atoms with van der Waals surface area (Å²) in [5.41, 5.74) is 0. The maximum atomic E-state index is 9.58. The van der Waals surface area contributed by atoms with E-state index in [4.69, 9.17) is 0 Å². The lowest BCUT2D eigenvalue weighted by Gasteiger charge is -1.85. The van der Waals surface area contributed by atoms with E-state index >= 15 is 0 Å². The fourth-order valence-corrected chi connectivity index (χ4v) is 0.234. The van der Waals surface area contributed by atoms with Crippen LogP contribution in [0.15, 0.2) is 12.3 Å². The van der Waals surface area contributed by atoms with Crippen molar-refractivity contribution in [2.75, 3.05) is 6.54 Å². The van der Waals surface area contributed by atoms with Gasteiger partial charge in [-0.15, -0.1) is 0 Å². The van der Waals surface area contributed by atoms with Gasteiger partial charge in [-0.1, -0.05) is 6.08 Å². The Balaban J connectivity index is 2.82. The maximum Gasteiger partial charge on any atom is 0.139 e. The zero-order chi connectivity index (χ0) is 5.54. The van der Waals surface area contributed by atoms with E-state index in [0.29, 0.717) is 6.54 Å². The van der Waals surface area contributed by atoms with Gasteiger partial charge < -0.3 is 10.1 Å². The van der Waals surface area contributed by atoms with Gasteiger partial charge in [-0.2, -0.15) is 0 Å². The molecule has 0 saturated heterocycles. The van der Waals surface area contributed by atoms with Gasteiger partial charge in [-0.3, -0.25) is 0 Å². The first kappa shape index (κ1) is 6.21. The van der Waals surface area contributed by atoms with Crippen LogP contribution in [0, 0.1) is 0 Å². The quantitative estimate of drug-likeness (QED) is 0.407. The molecule has 0 heterocycles. The van der Waals surface area contributed by atoms with Gasteiger partial charge in [0.15, 0.2) is 0 Å². The van der Waals surface area contributed by atoms with Gasteiger partial charge in [0.25, 0.3) is 0 Å². The van der Waals surface area contributed by atoms with E-state index in [-0.39, 0.29) is 0 Å². The summed E-state index contributed by atoms with van der Waals surface area (Å²) in [6.45, 7) is 2.29. The lowest BCUT2D eigenvalue weighted by molar-refractivity contribution is -0.107. The Hall–Kier alpha value is -0.790. The van der Waals surface area contributed by atoms with Gasteiger partial charge >= 0.3 is 0 Å². The molecule has 0 aromatic rings. The van der Waals surface area contributed by atoms with E-state index in [1.54, 1.807) is 6.20 Å². The van der Waals surface area contributed by atoms with E-state index in [0.717, 1.165) is 6.29 Å². The van der Waals surface area contributed by atoms with Crippen LogP contribution in [-0.4, -0.2) is 12.8 Å². The Morgan fingerprint density at radius 1 is 1.71 bits per heavy atom. The standard InChI is InChI=1S/C5H9NO/c1-2-3-6-4-5-7/h2-3,5-6H,4H2,1H3. The minimum Gasteiger partial charge on any atom is -0.384 e. The van der Waals surface area contributed by atoms with Crippen molar-refractivity contribution in [2.45, 2.75) is 6.92 Å². The summed E-state index contributed by atoms with van der Waals surface area (Å²) < 4.78 is 0. The molecule has 0 fully saturated rings.